The molecule has 2 aliphatic heterocycles. The Morgan fingerprint density at radius 3 is 2.86 bits per heavy atom. The molecule has 4 rings (SSSR count). The van der Waals surface area contributed by atoms with E-state index in [9.17, 15) is 9.59 Å². The summed E-state index contributed by atoms with van der Waals surface area (Å²) in [7, 11) is 0. The molecule has 1 aromatic heterocycles. The molecule has 0 fully saturated rings. The highest BCUT2D eigenvalue weighted by Crippen LogP contribution is 2.45. The molecule has 0 aliphatic carbocycles. The first kappa shape index (κ1) is 13.0. The largest absolute Gasteiger partial charge is 0.433 e. The van der Waals surface area contributed by atoms with Crippen molar-refractivity contribution in [2.24, 2.45) is 5.10 Å². The van der Waals surface area contributed by atoms with Crippen molar-refractivity contribution >= 4 is 34.7 Å². The second-order valence-corrected chi connectivity index (χ2v) is 5.91. The Labute approximate surface area is 130 Å². The van der Waals surface area contributed by atoms with E-state index in [0.717, 1.165) is 9.89 Å². The van der Waals surface area contributed by atoms with Gasteiger partial charge in [0.1, 0.15) is 0 Å². The summed E-state index contributed by atoms with van der Waals surface area (Å²) in [5, 5.41) is 9.99. The summed E-state index contributed by atoms with van der Waals surface area (Å²) in [4.78, 5) is 25.4. The van der Waals surface area contributed by atoms with Crippen LogP contribution in [-0.4, -0.2) is 22.7 Å². The molecule has 7 heteroatoms. The molecule has 0 bridgehead atoms. The van der Waals surface area contributed by atoms with Crippen molar-refractivity contribution in [3.8, 4) is 0 Å². The van der Waals surface area contributed by atoms with Crippen LogP contribution in [0, 0.1) is 0 Å². The molecule has 2 amide bonds. The number of anilines is 1. The topological polar surface area (TPSA) is 71.0 Å². The number of ether oxygens (including phenoxy) is 1. The maximum absolute atomic E-state index is 12.6. The van der Waals surface area contributed by atoms with Crippen molar-refractivity contribution in [1.29, 1.82) is 0 Å². The summed E-state index contributed by atoms with van der Waals surface area (Å²) in [6.07, 6.45) is 0. The molecule has 1 N–H and O–H groups in total. The standard InChI is InChI=1S/C15H11N3O3S/c1-9(19)18-15(21-13(17-18)12-7-4-8-22-12)10-5-2-3-6-11(10)16-14(15)20/h2-8H,1H3,(H,16,20)/t15-/m1/s1. The van der Waals surface area contributed by atoms with Gasteiger partial charge in [0.15, 0.2) is 0 Å². The van der Waals surface area contributed by atoms with Crippen molar-refractivity contribution < 1.29 is 14.3 Å². The third-order valence-electron chi connectivity index (χ3n) is 3.61. The number of thiophene rings is 1. The van der Waals surface area contributed by atoms with E-state index in [-0.39, 0.29) is 11.8 Å². The van der Waals surface area contributed by atoms with Gasteiger partial charge in [-0.3, -0.25) is 9.59 Å². The molecule has 1 aromatic carbocycles. The van der Waals surface area contributed by atoms with E-state index in [2.05, 4.69) is 10.4 Å². The fourth-order valence-electron chi connectivity index (χ4n) is 2.69. The molecule has 6 nitrogen and oxygen atoms in total. The predicted molar refractivity (Wildman–Crippen MR) is 81.2 cm³/mol. The van der Waals surface area contributed by atoms with Gasteiger partial charge in [-0.2, -0.15) is 5.01 Å². The van der Waals surface area contributed by atoms with E-state index in [0.29, 0.717) is 11.3 Å². The number of fused-ring (bicyclic) bond motifs is 2. The van der Waals surface area contributed by atoms with Crippen molar-refractivity contribution in [3.05, 3.63) is 52.2 Å². The monoisotopic (exact) mass is 313 g/mol. The maximum Gasteiger partial charge on any atom is 0.314 e. The first-order chi connectivity index (χ1) is 10.6. The summed E-state index contributed by atoms with van der Waals surface area (Å²) >= 11 is 1.43. The van der Waals surface area contributed by atoms with E-state index in [1.165, 1.54) is 18.3 Å². The maximum atomic E-state index is 12.6. The van der Waals surface area contributed by atoms with E-state index >= 15 is 0 Å². The van der Waals surface area contributed by atoms with E-state index in [1.54, 1.807) is 18.2 Å². The van der Waals surface area contributed by atoms with Crippen molar-refractivity contribution in [3.63, 3.8) is 0 Å². The van der Waals surface area contributed by atoms with E-state index in [1.807, 2.05) is 23.6 Å². The lowest BCUT2D eigenvalue weighted by Crippen LogP contribution is -2.49. The molecule has 1 atom stereocenters. The lowest BCUT2D eigenvalue weighted by atomic mass is 10.0. The number of hydrazone groups is 1. The molecule has 22 heavy (non-hydrogen) atoms. The van der Waals surface area contributed by atoms with Crippen LogP contribution in [0.3, 0.4) is 0 Å². The molecule has 110 valence electrons. The van der Waals surface area contributed by atoms with Gasteiger partial charge in [-0.05, 0) is 17.5 Å². The van der Waals surface area contributed by atoms with Crippen LogP contribution in [0.5, 0.6) is 0 Å². The molecule has 1 spiro atoms. The van der Waals surface area contributed by atoms with Crippen LogP contribution in [0.4, 0.5) is 5.69 Å². The molecule has 3 heterocycles. The Kier molecular flexibility index (Phi) is 2.61. The number of rotatable bonds is 1. The SMILES string of the molecule is CC(=O)N1N=C(c2cccs2)O[C@]12C(=O)Nc1ccccc12. The number of nitrogens with zero attached hydrogens (tertiary/aromatic N) is 2. The lowest BCUT2D eigenvalue weighted by molar-refractivity contribution is -0.160. The van der Waals surface area contributed by atoms with Gasteiger partial charge in [-0.15, -0.1) is 16.4 Å². The van der Waals surface area contributed by atoms with Crippen molar-refractivity contribution in [2.45, 2.75) is 12.6 Å². The smallest absolute Gasteiger partial charge is 0.314 e. The van der Waals surface area contributed by atoms with Crippen LogP contribution in [-0.2, 0) is 20.1 Å². The molecule has 0 saturated carbocycles. The van der Waals surface area contributed by atoms with Crippen LogP contribution in [0.15, 0.2) is 46.9 Å². The lowest BCUT2D eigenvalue weighted by Gasteiger charge is -2.28. The number of carbonyl (C=O) groups excluding carboxylic acids is 2. The van der Waals surface area contributed by atoms with Gasteiger partial charge in [-0.25, -0.2) is 0 Å². The van der Waals surface area contributed by atoms with Crippen molar-refractivity contribution in [2.75, 3.05) is 5.32 Å². The third-order valence-corrected chi connectivity index (χ3v) is 4.47. The highest BCUT2D eigenvalue weighted by molar-refractivity contribution is 7.12. The minimum absolute atomic E-state index is 0.275. The Balaban J connectivity index is 1.89. The molecular weight excluding hydrogens is 302 g/mol. The third kappa shape index (κ3) is 1.57. The van der Waals surface area contributed by atoms with Crippen LogP contribution in [0.25, 0.3) is 0 Å². The van der Waals surface area contributed by atoms with E-state index in [4.69, 9.17) is 4.74 Å². The summed E-state index contributed by atoms with van der Waals surface area (Å²) in [6.45, 7) is 1.36. The second kappa shape index (κ2) is 4.41. The average Bonchev–Trinajstić information content (AvgIpc) is 3.20. The Bertz CT molecular complexity index is 815. The zero-order valence-electron chi connectivity index (χ0n) is 11.6. The predicted octanol–water partition coefficient (Wildman–Crippen LogP) is 2.09. The molecule has 0 unspecified atom stereocenters. The van der Waals surface area contributed by atoms with Gasteiger partial charge < -0.3 is 10.1 Å². The van der Waals surface area contributed by atoms with Gasteiger partial charge in [0.25, 0.3) is 11.8 Å². The second-order valence-electron chi connectivity index (χ2n) is 4.96. The van der Waals surface area contributed by atoms with Gasteiger partial charge in [0, 0.05) is 6.92 Å². The van der Waals surface area contributed by atoms with Crippen LogP contribution in [0.1, 0.15) is 17.4 Å². The zero-order valence-corrected chi connectivity index (χ0v) is 12.4. The highest BCUT2D eigenvalue weighted by atomic mass is 32.1. The first-order valence-electron chi connectivity index (χ1n) is 6.66. The molecule has 2 aliphatic rings. The quantitative estimate of drug-likeness (QED) is 0.876. The number of carbonyl (C=O) groups is 2. The first-order valence-corrected chi connectivity index (χ1v) is 7.54. The Hall–Kier alpha value is -2.67. The minimum atomic E-state index is -1.55. The Morgan fingerprint density at radius 1 is 1.32 bits per heavy atom. The summed E-state index contributed by atoms with van der Waals surface area (Å²) < 4.78 is 5.92. The number of para-hydroxylation sites is 1. The van der Waals surface area contributed by atoms with Crippen LogP contribution >= 0.6 is 11.3 Å². The fourth-order valence-corrected chi connectivity index (χ4v) is 3.33. The zero-order chi connectivity index (χ0) is 15.3. The number of hydrogen-bond donors (Lipinski definition) is 1. The van der Waals surface area contributed by atoms with E-state index < -0.39 is 11.6 Å². The summed E-state index contributed by atoms with van der Waals surface area (Å²) in [5.41, 5.74) is -0.339. The van der Waals surface area contributed by atoms with Gasteiger partial charge >= 0.3 is 5.72 Å². The number of amides is 2. The summed E-state index contributed by atoms with van der Waals surface area (Å²) in [6, 6.07) is 10.8. The average molecular weight is 313 g/mol. The van der Waals surface area contributed by atoms with Crippen LogP contribution in [0.2, 0.25) is 0 Å². The Morgan fingerprint density at radius 2 is 2.14 bits per heavy atom. The number of benzene rings is 1. The molecule has 0 radical (unpaired) electrons. The highest BCUT2D eigenvalue weighted by Gasteiger charge is 2.59. The van der Waals surface area contributed by atoms with Crippen LogP contribution < -0.4 is 5.32 Å². The van der Waals surface area contributed by atoms with Gasteiger partial charge in [-0.1, -0.05) is 24.3 Å². The normalized spacial score (nSPS) is 22.3. The van der Waals surface area contributed by atoms with Gasteiger partial charge in [0.2, 0.25) is 5.91 Å². The molecule has 0 saturated heterocycles. The van der Waals surface area contributed by atoms with Crippen molar-refractivity contribution in [1.82, 2.24) is 5.01 Å². The number of hydrogen-bond acceptors (Lipinski definition) is 5. The fraction of sp³-hybridized carbons (Fsp3) is 0.133. The number of nitrogens with one attached hydrogen (secondary N) is 1. The summed E-state index contributed by atoms with van der Waals surface area (Å²) in [5.74, 6) is -0.505. The molecule has 2 aromatic rings. The minimum Gasteiger partial charge on any atom is -0.433 e. The van der Waals surface area contributed by atoms with Gasteiger partial charge in [0.05, 0.1) is 16.1 Å². The molecular formula is C15H11N3O3S.